The van der Waals surface area contributed by atoms with E-state index in [9.17, 15) is 9.59 Å². The predicted molar refractivity (Wildman–Crippen MR) is 112 cm³/mol. The molecule has 29 heavy (non-hydrogen) atoms. The molecule has 1 aliphatic heterocycles. The molecule has 0 bridgehead atoms. The maximum Gasteiger partial charge on any atom is 0.253 e. The second kappa shape index (κ2) is 8.78. The normalized spacial score (nSPS) is 15.4. The third-order valence-electron chi connectivity index (χ3n) is 5.21. The van der Waals surface area contributed by atoms with Crippen molar-refractivity contribution in [1.82, 2.24) is 15.0 Å². The van der Waals surface area contributed by atoms with E-state index >= 15 is 0 Å². The van der Waals surface area contributed by atoms with Crippen molar-refractivity contribution in [3.05, 3.63) is 47.2 Å². The summed E-state index contributed by atoms with van der Waals surface area (Å²) in [5.41, 5.74) is 2.03. The van der Waals surface area contributed by atoms with Crippen LogP contribution in [-0.2, 0) is 10.2 Å². The summed E-state index contributed by atoms with van der Waals surface area (Å²) in [7, 11) is 0. The van der Waals surface area contributed by atoms with Crippen molar-refractivity contribution in [2.75, 3.05) is 38.0 Å². The Morgan fingerprint density at radius 3 is 2.31 bits per heavy atom. The first kappa shape index (κ1) is 21.0. The lowest BCUT2D eigenvalue weighted by molar-refractivity contribution is -0.116. The van der Waals surface area contributed by atoms with Gasteiger partial charge in [-0.3, -0.25) is 14.5 Å². The van der Waals surface area contributed by atoms with Crippen molar-refractivity contribution in [1.29, 1.82) is 0 Å². The molecule has 0 atom stereocenters. The molecule has 7 nitrogen and oxygen atoms in total. The number of nitrogens with one attached hydrogen (secondary N) is 1. The van der Waals surface area contributed by atoms with Crippen LogP contribution in [0.3, 0.4) is 0 Å². The van der Waals surface area contributed by atoms with Crippen molar-refractivity contribution in [2.45, 2.75) is 39.5 Å². The number of nitrogens with zero attached hydrogens (tertiary/aromatic N) is 3. The summed E-state index contributed by atoms with van der Waals surface area (Å²) >= 11 is 0. The fourth-order valence-corrected chi connectivity index (χ4v) is 3.36. The molecule has 1 fully saturated rings. The van der Waals surface area contributed by atoms with E-state index in [0.29, 0.717) is 37.6 Å². The van der Waals surface area contributed by atoms with Gasteiger partial charge in [0, 0.05) is 50.8 Å². The van der Waals surface area contributed by atoms with Gasteiger partial charge in [0.15, 0.2) is 5.82 Å². The minimum Gasteiger partial charge on any atom is -0.360 e. The van der Waals surface area contributed by atoms with Gasteiger partial charge in [0.05, 0.1) is 0 Å². The summed E-state index contributed by atoms with van der Waals surface area (Å²) in [6, 6.07) is 9.61. The second-order valence-electron chi connectivity index (χ2n) is 8.58. The number of hydrogen-bond acceptors (Lipinski definition) is 5. The van der Waals surface area contributed by atoms with E-state index in [0.717, 1.165) is 18.7 Å². The van der Waals surface area contributed by atoms with Crippen LogP contribution in [0, 0.1) is 6.92 Å². The Morgan fingerprint density at radius 2 is 1.76 bits per heavy atom. The molecule has 1 saturated heterocycles. The van der Waals surface area contributed by atoms with E-state index in [1.807, 2.05) is 29.2 Å². The number of hydrogen-bond donors (Lipinski definition) is 1. The lowest BCUT2D eigenvalue weighted by Gasteiger charge is -2.34. The zero-order valence-corrected chi connectivity index (χ0v) is 17.7. The molecule has 156 valence electrons. The standard InChI is InChI=1S/C22H30N4O3/c1-16-15-19(24-29-16)23-20(27)9-10-25-11-13-26(14-12-25)21(28)17-5-7-18(8-6-17)22(2,3)4/h5-8,15H,9-14H2,1-4H3,(H,23,24,27). The number of aromatic nitrogens is 1. The van der Waals surface area contributed by atoms with E-state index < -0.39 is 0 Å². The van der Waals surface area contributed by atoms with Crippen LogP contribution < -0.4 is 5.32 Å². The van der Waals surface area contributed by atoms with E-state index in [1.165, 1.54) is 5.56 Å². The Morgan fingerprint density at radius 1 is 1.10 bits per heavy atom. The van der Waals surface area contributed by atoms with E-state index in [1.54, 1.807) is 13.0 Å². The zero-order chi connectivity index (χ0) is 21.0. The fourth-order valence-electron chi connectivity index (χ4n) is 3.36. The SMILES string of the molecule is Cc1cc(NC(=O)CCN2CCN(C(=O)c3ccc(C(C)(C)C)cc3)CC2)no1. The average Bonchev–Trinajstić information content (AvgIpc) is 3.10. The molecule has 1 N–H and O–H groups in total. The van der Waals surface area contributed by atoms with Crippen molar-refractivity contribution in [3.8, 4) is 0 Å². The molecule has 0 spiro atoms. The second-order valence-corrected chi connectivity index (χ2v) is 8.58. The van der Waals surface area contributed by atoms with Crippen LogP contribution in [0.5, 0.6) is 0 Å². The van der Waals surface area contributed by atoms with Crippen molar-refractivity contribution < 1.29 is 14.1 Å². The Hall–Kier alpha value is -2.67. The molecular weight excluding hydrogens is 368 g/mol. The lowest BCUT2D eigenvalue weighted by atomic mass is 9.86. The molecule has 0 radical (unpaired) electrons. The first-order chi connectivity index (χ1) is 13.7. The van der Waals surface area contributed by atoms with Crippen molar-refractivity contribution >= 4 is 17.6 Å². The number of piperazine rings is 1. The Labute approximate surface area is 172 Å². The summed E-state index contributed by atoms with van der Waals surface area (Å²) in [6.07, 6.45) is 0.383. The molecule has 2 aromatic rings. The summed E-state index contributed by atoms with van der Waals surface area (Å²) < 4.78 is 4.94. The number of rotatable bonds is 5. The maximum absolute atomic E-state index is 12.8. The van der Waals surface area contributed by atoms with Gasteiger partial charge in [-0.2, -0.15) is 0 Å². The van der Waals surface area contributed by atoms with Gasteiger partial charge < -0.3 is 14.7 Å². The molecule has 2 heterocycles. The first-order valence-corrected chi connectivity index (χ1v) is 10.1. The van der Waals surface area contributed by atoms with Crippen LogP contribution in [0.2, 0.25) is 0 Å². The third-order valence-corrected chi connectivity index (χ3v) is 5.21. The first-order valence-electron chi connectivity index (χ1n) is 10.1. The average molecular weight is 399 g/mol. The van der Waals surface area contributed by atoms with Crippen LogP contribution in [-0.4, -0.2) is 59.5 Å². The van der Waals surface area contributed by atoms with Crippen LogP contribution in [0.4, 0.5) is 5.82 Å². The van der Waals surface area contributed by atoms with Gasteiger partial charge in [-0.05, 0) is 30.0 Å². The summed E-state index contributed by atoms with van der Waals surface area (Å²) in [6.45, 7) is 11.8. The Balaban J connectivity index is 1.43. The predicted octanol–water partition coefficient (Wildman–Crippen LogP) is 3.07. The van der Waals surface area contributed by atoms with Gasteiger partial charge in [0.1, 0.15) is 5.76 Å². The molecule has 7 heteroatoms. The van der Waals surface area contributed by atoms with Crippen LogP contribution >= 0.6 is 0 Å². The summed E-state index contributed by atoms with van der Waals surface area (Å²) in [4.78, 5) is 28.9. The molecule has 0 saturated carbocycles. The number of carbonyl (C=O) groups excluding carboxylic acids is 2. The van der Waals surface area contributed by atoms with Gasteiger partial charge in [0.2, 0.25) is 5.91 Å². The summed E-state index contributed by atoms with van der Waals surface area (Å²) in [5, 5.41) is 6.49. The van der Waals surface area contributed by atoms with E-state index in [2.05, 4.69) is 36.1 Å². The highest BCUT2D eigenvalue weighted by molar-refractivity contribution is 5.94. The Bertz CT molecular complexity index is 844. The molecular formula is C22H30N4O3. The number of carbonyl (C=O) groups is 2. The van der Waals surface area contributed by atoms with Gasteiger partial charge in [0.25, 0.3) is 5.91 Å². The van der Waals surface area contributed by atoms with Gasteiger partial charge >= 0.3 is 0 Å². The molecule has 2 amide bonds. The quantitative estimate of drug-likeness (QED) is 0.837. The number of aryl methyl sites for hydroxylation is 1. The molecule has 0 aliphatic carbocycles. The van der Waals surface area contributed by atoms with Gasteiger partial charge in [-0.25, -0.2) is 0 Å². The molecule has 1 aromatic heterocycles. The van der Waals surface area contributed by atoms with Gasteiger partial charge in [-0.15, -0.1) is 0 Å². The Kier molecular flexibility index (Phi) is 6.37. The summed E-state index contributed by atoms with van der Waals surface area (Å²) in [5.74, 6) is 1.09. The third kappa shape index (κ3) is 5.67. The zero-order valence-electron chi connectivity index (χ0n) is 17.7. The number of anilines is 1. The number of benzene rings is 1. The highest BCUT2D eigenvalue weighted by Gasteiger charge is 2.23. The van der Waals surface area contributed by atoms with Crippen molar-refractivity contribution in [3.63, 3.8) is 0 Å². The molecule has 0 unspecified atom stereocenters. The molecule has 3 rings (SSSR count). The monoisotopic (exact) mass is 398 g/mol. The minimum absolute atomic E-state index is 0.0734. The van der Waals surface area contributed by atoms with E-state index in [-0.39, 0.29) is 17.2 Å². The minimum atomic E-state index is -0.0873. The molecule has 1 aromatic carbocycles. The number of amides is 2. The van der Waals surface area contributed by atoms with Crippen LogP contribution in [0.1, 0.15) is 48.9 Å². The fraction of sp³-hybridized carbons (Fsp3) is 0.500. The van der Waals surface area contributed by atoms with Crippen LogP contribution in [0.15, 0.2) is 34.9 Å². The highest BCUT2D eigenvalue weighted by atomic mass is 16.5. The van der Waals surface area contributed by atoms with E-state index in [4.69, 9.17) is 4.52 Å². The smallest absolute Gasteiger partial charge is 0.253 e. The van der Waals surface area contributed by atoms with Crippen molar-refractivity contribution in [2.24, 2.45) is 0 Å². The highest BCUT2D eigenvalue weighted by Crippen LogP contribution is 2.22. The molecule has 1 aliphatic rings. The van der Waals surface area contributed by atoms with Crippen LogP contribution in [0.25, 0.3) is 0 Å². The topological polar surface area (TPSA) is 78.7 Å². The van der Waals surface area contributed by atoms with Gasteiger partial charge in [-0.1, -0.05) is 38.1 Å². The maximum atomic E-state index is 12.8. The largest absolute Gasteiger partial charge is 0.360 e. The lowest BCUT2D eigenvalue weighted by Crippen LogP contribution is -2.49.